The molecule has 1 unspecified atom stereocenters. The molecule has 0 saturated carbocycles. The SMILES string of the molecule is CC(O)c1ccccc1Oc1cc(Cl)c(Br)cc1Cl. The zero-order valence-electron chi connectivity index (χ0n) is 10.0. The molecule has 0 aromatic heterocycles. The van der Waals surface area contributed by atoms with Crippen molar-refractivity contribution in [3.63, 3.8) is 0 Å². The molecule has 100 valence electrons. The number of hydrogen-bond donors (Lipinski definition) is 1. The van der Waals surface area contributed by atoms with Crippen LogP contribution in [0.3, 0.4) is 0 Å². The van der Waals surface area contributed by atoms with Gasteiger partial charge in [-0.25, -0.2) is 0 Å². The molecule has 2 nitrogen and oxygen atoms in total. The number of rotatable bonds is 3. The van der Waals surface area contributed by atoms with Crippen LogP contribution in [0.1, 0.15) is 18.6 Å². The molecule has 1 N–H and O–H groups in total. The van der Waals surface area contributed by atoms with Crippen LogP contribution in [0.5, 0.6) is 11.5 Å². The molecule has 0 aliphatic heterocycles. The molecule has 0 fully saturated rings. The van der Waals surface area contributed by atoms with Gasteiger partial charge < -0.3 is 9.84 Å². The van der Waals surface area contributed by atoms with E-state index >= 15 is 0 Å². The highest BCUT2D eigenvalue weighted by Crippen LogP contribution is 2.38. The van der Waals surface area contributed by atoms with Crippen molar-refractivity contribution in [2.75, 3.05) is 0 Å². The maximum atomic E-state index is 9.70. The minimum atomic E-state index is -0.624. The molecule has 2 rings (SSSR count). The largest absolute Gasteiger partial charge is 0.455 e. The van der Waals surface area contributed by atoms with Gasteiger partial charge in [-0.15, -0.1) is 0 Å². The number of aliphatic hydroxyl groups is 1. The van der Waals surface area contributed by atoms with Crippen molar-refractivity contribution in [3.05, 3.63) is 56.5 Å². The summed E-state index contributed by atoms with van der Waals surface area (Å²) in [5.41, 5.74) is 0.692. The summed E-state index contributed by atoms with van der Waals surface area (Å²) in [6, 6.07) is 10.5. The van der Waals surface area contributed by atoms with Crippen LogP contribution in [-0.2, 0) is 0 Å². The van der Waals surface area contributed by atoms with E-state index in [1.165, 1.54) is 0 Å². The van der Waals surface area contributed by atoms with Gasteiger partial charge in [0, 0.05) is 16.1 Å². The lowest BCUT2D eigenvalue weighted by atomic mass is 10.1. The van der Waals surface area contributed by atoms with Gasteiger partial charge in [0.2, 0.25) is 0 Å². The molecule has 0 heterocycles. The van der Waals surface area contributed by atoms with Crippen LogP contribution in [0.25, 0.3) is 0 Å². The Labute approximate surface area is 130 Å². The summed E-state index contributed by atoms with van der Waals surface area (Å²) >= 11 is 15.4. The van der Waals surface area contributed by atoms with Gasteiger partial charge in [-0.05, 0) is 35.0 Å². The van der Waals surface area contributed by atoms with Gasteiger partial charge in [0.1, 0.15) is 11.5 Å². The number of aliphatic hydroxyl groups excluding tert-OH is 1. The lowest BCUT2D eigenvalue weighted by Crippen LogP contribution is -1.96. The molecule has 2 aromatic rings. The van der Waals surface area contributed by atoms with Crippen molar-refractivity contribution in [1.29, 1.82) is 0 Å². The van der Waals surface area contributed by atoms with Gasteiger partial charge in [-0.2, -0.15) is 0 Å². The van der Waals surface area contributed by atoms with Crippen molar-refractivity contribution in [2.45, 2.75) is 13.0 Å². The number of ether oxygens (including phenoxy) is 1. The van der Waals surface area contributed by atoms with E-state index < -0.39 is 6.10 Å². The highest BCUT2D eigenvalue weighted by atomic mass is 79.9. The quantitative estimate of drug-likeness (QED) is 0.721. The van der Waals surface area contributed by atoms with Crippen molar-refractivity contribution in [1.82, 2.24) is 0 Å². The summed E-state index contributed by atoms with van der Waals surface area (Å²) in [5, 5.41) is 10.7. The number of halogens is 3. The zero-order valence-corrected chi connectivity index (χ0v) is 13.1. The van der Waals surface area contributed by atoms with Crippen molar-refractivity contribution >= 4 is 39.1 Å². The Balaban J connectivity index is 2.39. The maximum absolute atomic E-state index is 9.70. The lowest BCUT2D eigenvalue weighted by molar-refractivity contribution is 0.195. The molecule has 0 saturated heterocycles. The molecule has 0 amide bonds. The van der Waals surface area contributed by atoms with Gasteiger partial charge in [0.15, 0.2) is 0 Å². The minimum Gasteiger partial charge on any atom is -0.455 e. The van der Waals surface area contributed by atoms with E-state index in [4.69, 9.17) is 27.9 Å². The molecule has 0 bridgehead atoms. The first-order valence-corrected chi connectivity index (χ1v) is 7.13. The number of para-hydroxylation sites is 1. The second kappa shape index (κ2) is 6.14. The zero-order chi connectivity index (χ0) is 14.0. The summed E-state index contributed by atoms with van der Waals surface area (Å²) in [7, 11) is 0. The van der Waals surface area contributed by atoms with Crippen LogP contribution in [0.4, 0.5) is 0 Å². The van der Waals surface area contributed by atoms with E-state index in [-0.39, 0.29) is 0 Å². The monoisotopic (exact) mass is 360 g/mol. The Morgan fingerprint density at radius 3 is 2.47 bits per heavy atom. The highest BCUT2D eigenvalue weighted by Gasteiger charge is 2.12. The summed E-state index contributed by atoms with van der Waals surface area (Å²) in [6.45, 7) is 1.68. The normalized spacial score (nSPS) is 12.3. The fraction of sp³-hybridized carbons (Fsp3) is 0.143. The van der Waals surface area contributed by atoms with Gasteiger partial charge >= 0.3 is 0 Å². The minimum absolute atomic E-state index is 0.441. The molecule has 19 heavy (non-hydrogen) atoms. The topological polar surface area (TPSA) is 29.5 Å². The van der Waals surface area contributed by atoms with E-state index in [9.17, 15) is 5.11 Å². The van der Waals surface area contributed by atoms with Crippen LogP contribution in [0.15, 0.2) is 40.9 Å². The van der Waals surface area contributed by atoms with Crippen molar-refractivity contribution in [3.8, 4) is 11.5 Å². The van der Waals surface area contributed by atoms with Crippen molar-refractivity contribution in [2.24, 2.45) is 0 Å². The second-order valence-corrected chi connectivity index (χ2v) is 5.68. The Kier molecular flexibility index (Phi) is 4.74. The van der Waals surface area contributed by atoms with Gasteiger partial charge in [0.25, 0.3) is 0 Å². The standard InChI is InChI=1S/C14H11BrCl2O2/c1-8(18)9-4-2-3-5-13(9)19-14-7-11(16)10(15)6-12(14)17/h2-8,18H,1H3. The first-order chi connectivity index (χ1) is 8.99. The average molecular weight is 362 g/mol. The molecule has 0 aliphatic carbocycles. The molecule has 0 radical (unpaired) electrons. The van der Waals surface area contributed by atoms with Crippen LogP contribution < -0.4 is 4.74 Å². The van der Waals surface area contributed by atoms with E-state index in [2.05, 4.69) is 15.9 Å². The molecule has 1 atom stereocenters. The highest BCUT2D eigenvalue weighted by molar-refractivity contribution is 9.10. The number of hydrogen-bond acceptors (Lipinski definition) is 2. The maximum Gasteiger partial charge on any atom is 0.147 e. The molecule has 2 aromatic carbocycles. The Bertz CT molecular complexity index is 600. The van der Waals surface area contributed by atoms with Crippen LogP contribution in [-0.4, -0.2) is 5.11 Å². The van der Waals surface area contributed by atoms with Gasteiger partial charge in [0.05, 0.1) is 16.1 Å². The van der Waals surface area contributed by atoms with E-state index in [1.807, 2.05) is 12.1 Å². The second-order valence-electron chi connectivity index (χ2n) is 4.01. The van der Waals surface area contributed by atoms with Gasteiger partial charge in [-0.1, -0.05) is 41.4 Å². The lowest BCUT2D eigenvalue weighted by Gasteiger charge is -2.14. The summed E-state index contributed by atoms with van der Waals surface area (Å²) < 4.78 is 6.44. The molecule has 5 heteroatoms. The van der Waals surface area contributed by atoms with E-state index in [1.54, 1.807) is 31.2 Å². The van der Waals surface area contributed by atoms with Crippen LogP contribution in [0, 0.1) is 0 Å². The van der Waals surface area contributed by atoms with Crippen LogP contribution in [0.2, 0.25) is 10.0 Å². The van der Waals surface area contributed by atoms with E-state index in [0.717, 1.165) is 0 Å². The summed E-state index contributed by atoms with van der Waals surface area (Å²) in [6.07, 6.45) is -0.624. The Morgan fingerprint density at radius 2 is 1.79 bits per heavy atom. The third-order valence-corrected chi connectivity index (χ3v) is 4.06. The van der Waals surface area contributed by atoms with E-state index in [0.29, 0.717) is 31.6 Å². The number of benzene rings is 2. The Morgan fingerprint density at radius 1 is 1.11 bits per heavy atom. The molecular weight excluding hydrogens is 351 g/mol. The first kappa shape index (κ1) is 14.7. The fourth-order valence-electron chi connectivity index (χ4n) is 1.62. The summed E-state index contributed by atoms with van der Waals surface area (Å²) in [5.74, 6) is 1.00. The Hall–Kier alpha value is -0.740. The third-order valence-electron chi connectivity index (χ3n) is 2.56. The molecule has 0 aliphatic rings. The fourth-order valence-corrected chi connectivity index (χ4v) is 2.45. The third kappa shape index (κ3) is 3.42. The smallest absolute Gasteiger partial charge is 0.147 e. The van der Waals surface area contributed by atoms with Crippen molar-refractivity contribution < 1.29 is 9.84 Å². The average Bonchev–Trinajstić information content (AvgIpc) is 2.36. The van der Waals surface area contributed by atoms with Crippen LogP contribution >= 0.6 is 39.1 Å². The summed E-state index contributed by atoms with van der Waals surface area (Å²) in [4.78, 5) is 0. The predicted molar refractivity (Wildman–Crippen MR) is 81.3 cm³/mol. The molecule has 0 spiro atoms. The predicted octanol–water partition coefficient (Wildman–Crippen LogP) is 5.60. The van der Waals surface area contributed by atoms with Gasteiger partial charge in [-0.3, -0.25) is 0 Å². The first-order valence-electron chi connectivity index (χ1n) is 5.58. The molecular formula is C14H11BrCl2O2.